The predicted octanol–water partition coefficient (Wildman–Crippen LogP) is 3.61. The number of fused-ring (bicyclic) bond motifs is 1. The number of thiophene rings is 1. The smallest absolute Gasteiger partial charge is 0.259 e. The van der Waals surface area contributed by atoms with E-state index in [0.29, 0.717) is 16.0 Å². The Balaban J connectivity index is 1.78. The molecule has 3 aromatic rings. The average Bonchev–Trinajstić information content (AvgIpc) is 2.86. The van der Waals surface area contributed by atoms with E-state index in [1.165, 1.54) is 16.9 Å². The zero-order chi connectivity index (χ0) is 20.6. The van der Waals surface area contributed by atoms with Crippen LogP contribution in [0.25, 0.3) is 10.2 Å². The lowest BCUT2D eigenvalue weighted by Crippen LogP contribution is -2.24. The number of aromatic nitrogens is 2. The van der Waals surface area contributed by atoms with E-state index in [1.807, 2.05) is 34.6 Å². The zero-order valence-corrected chi connectivity index (χ0v) is 17.8. The SMILES string of the molecule is C/C(=N/NC(=O)Cc1nc2sc(C)c(C)c2c(=O)[nH]1)c1c(C)cc(C)cc1C. The number of benzene rings is 1. The summed E-state index contributed by atoms with van der Waals surface area (Å²) in [6.45, 7) is 11.9. The molecule has 3 rings (SSSR count). The molecule has 6 nitrogen and oxygen atoms in total. The maximum absolute atomic E-state index is 12.3. The molecule has 1 amide bonds. The van der Waals surface area contributed by atoms with Crippen LogP contribution in [0.3, 0.4) is 0 Å². The second-order valence-corrected chi connectivity index (χ2v) is 8.36. The molecule has 0 atom stereocenters. The third kappa shape index (κ3) is 3.89. The van der Waals surface area contributed by atoms with Gasteiger partial charge in [0.15, 0.2) is 0 Å². The zero-order valence-electron chi connectivity index (χ0n) is 17.0. The molecule has 0 spiro atoms. The van der Waals surface area contributed by atoms with Gasteiger partial charge in [-0.25, -0.2) is 10.4 Å². The first-order valence-corrected chi connectivity index (χ1v) is 9.89. The molecular weight excluding hydrogens is 372 g/mol. The van der Waals surface area contributed by atoms with Gasteiger partial charge < -0.3 is 4.98 Å². The molecule has 2 aromatic heterocycles. The highest BCUT2D eigenvalue weighted by atomic mass is 32.1. The first-order valence-electron chi connectivity index (χ1n) is 9.07. The Morgan fingerprint density at radius 1 is 1.18 bits per heavy atom. The number of carbonyl (C=O) groups is 1. The Bertz CT molecular complexity index is 1150. The van der Waals surface area contributed by atoms with Crippen molar-refractivity contribution in [3.05, 3.63) is 61.0 Å². The molecule has 28 heavy (non-hydrogen) atoms. The fraction of sp³-hybridized carbons (Fsp3) is 0.333. The van der Waals surface area contributed by atoms with Crippen LogP contribution >= 0.6 is 11.3 Å². The predicted molar refractivity (Wildman–Crippen MR) is 114 cm³/mol. The Hall–Kier alpha value is -2.80. The number of hydrogen-bond acceptors (Lipinski definition) is 5. The summed E-state index contributed by atoms with van der Waals surface area (Å²) in [5, 5.41) is 4.85. The van der Waals surface area contributed by atoms with Crippen LogP contribution in [0.15, 0.2) is 22.0 Å². The molecule has 2 heterocycles. The maximum Gasteiger partial charge on any atom is 0.259 e. The van der Waals surface area contributed by atoms with E-state index in [0.717, 1.165) is 32.8 Å². The normalized spacial score (nSPS) is 11.9. The summed E-state index contributed by atoms with van der Waals surface area (Å²) >= 11 is 1.46. The lowest BCUT2D eigenvalue weighted by molar-refractivity contribution is -0.120. The highest BCUT2D eigenvalue weighted by molar-refractivity contribution is 7.18. The highest BCUT2D eigenvalue weighted by Crippen LogP contribution is 2.25. The van der Waals surface area contributed by atoms with Crippen molar-refractivity contribution in [2.75, 3.05) is 0 Å². The topological polar surface area (TPSA) is 87.2 Å². The van der Waals surface area contributed by atoms with E-state index in [-0.39, 0.29) is 17.9 Å². The number of rotatable bonds is 4. The van der Waals surface area contributed by atoms with Gasteiger partial charge in [0.25, 0.3) is 5.56 Å². The highest BCUT2D eigenvalue weighted by Gasteiger charge is 2.14. The molecule has 0 saturated carbocycles. The summed E-state index contributed by atoms with van der Waals surface area (Å²) in [4.78, 5) is 33.5. The Kier molecular flexibility index (Phi) is 5.47. The van der Waals surface area contributed by atoms with Gasteiger partial charge in [0.1, 0.15) is 10.7 Å². The average molecular weight is 397 g/mol. The third-order valence-corrected chi connectivity index (χ3v) is 5.90. The molecule has 0 fully saturated rings. The van der Waals surface area contributed by atoms with Crippen LogP contribution in [-0.4, -0.2) is 21.6 Å². The Labute approximate surface area is 167 Å². The monoisotopic (exact) mass is 396 g/mol. The van der Waals surface area contributed by atoms with Gasteiger partial charge in [0.05, 0.1) is 17.5 Å². The molecular formula is C21H24N4O2S. The number of hydrazone groups is 1. The molecule has 0 aliphatic rings. The van der Waals surface area contributed by atoms with Crippen LogP contribution in [0.1, 0.15) is 45.4 Å². The van der Waals surface area contributed by atoms with Crippen LogP contribution < -0.4 is 11.0 Å². The summed E-state index contributed by atoms with van der Waals surface area (Å²) in [5.74, 6) is 0.0149. The van der Waals surface area contributed by atoms with Crippen molar-refractivity contribution in [2.24, 2.45) is 5.10 Å². The third-order valence-electron chi connectivity index (χ3n) is 4.80. The van der Waals surface area contributed by atoms with E-state index in [1.54, 1.807) is 0 Å². The summed E-state index contributed by atoms with van der Waals surface area (Å²) < 4.78 is 0. The van der Waals surface area contributed by atoms with E-state index in [4.69, 9.17) is 0 Å². The van der Waals surface area contributed by atoms with Crippen LogP contribution in [0.5, 0.6) is 0 Å². The van der Waals surface area contributed by atoms with E-state index in [2.05, 4.69) is 39.6 Å². The first kappa shape index (κ1) is 19.9. The number of nitrogens with one attached hydrogen (secondary N) is 2. The second-order valence-electron chi connectivity index (χ2n) is 7.16. The molecule has 0 unspecified atom stereocenters. The van der Waals surface area contributed by atoms with Gasteiger partial charge in [0.2, 0.25) is 5.91 Å². The van der Waals surface area contributed by atoms with Crippen molar-refractivity contribution in [1.82, 2.24) is 15.4 Å². The van der Waals surface area contributed by atoms with E-state index >= 15 is 0 Å². The van der Waals surface area contributed by atoms with Crippen molar-refractivity contribution in [1.29, 1.82) is 0 Å². The fourth-order valence-corrected chi connectivity index (χ4v) is 4.58. The van der Waals surface area contributed by atoms with Crippen LogP contribution in [-0.2, 0) is 11.2 Å². The van der Waals surface area contributed by atoms with Gasteiger partial charge in [-0.05, 0) is 58.2 Å². The van der Waals surface area contributed by atoms with Gasteiger partial charge >= 0.3 is 0 Å². The molecule has 1 aromatic carbocycles. The van der Waals surface area contributed by atoms with E-state index in [9.17, 15) is 9.59 Å². The summed E-state index contributed by atoms with van der Waals surface area (Å²) in [6, 6.07) is 4.19. The van der Waals surface area contributed by atoms with Crippen LogP contribution in [0.4, 0.5) is 0 Å². The number of amides is 1. The van der Waals surface area contributed by atoms with Gasteiger partial charge in [-0.2, -0.15) is 5.10 Å². The number of carbonyl (C=O) groups excluding carboxylic acids is 1. The number of aryl methyl sites for hydroxylation is 5. The molecule has 146 valence electrons. The second kappa shape index (κ2) is 7.67. The van der Waals surface area contributed by atoms with Crippen molar-refractivity contribution < 1.29 is 4.79 Å². The molecule has 0 saturated heterocycles. The largest absolute Gasteiger partial charge is 0.309 e. The van der Waals surface area contributed by atoms with Crippen molar-refractivity contribution in [3.63, 3.8) is 0 Å². The minimum absolute atomic E-state index is 0.0379. The van der Waals surface area contributed by atoms with Crippen LogP contribution in [0.2, 0.25) is 0 Å². The number of aromatic amines is 1. The quantitative estimate of drug-likeness (QED) is 0.522. The lowest BCUT2D eigenvalue weighted by Gasteiger charge is -2.11. The first-order chi connectivity index (χ1) is 13.2. The number of nitrogens with zero attached hydrogens (tertiary/aromatic N) is 2. The summed E-state index contributed by atoms with van der Waals surface area (Å²) in [7, 11) is 0. The van der Waals surface area contributed by atoms with Crippen molar-refractivity contribution in [2.45, 2.75) is 48.0 Å². The molecule has 0 aliphatic carbocycles. The van der Waals surface area contributed by atoms with Crippen LogP contribution in [0, 0.1) is 34.6 Å². The number of H-pyrrole nitrogens is 1. The van der Waals surface area contributed by atoms with Gasteiger partial charge in [-0.1, -0.05) is 17.7 Å². The lowest BCUT2D eigenvalue weighted by atomic mass is 9.97. The van der Waals surface area contributed by atoms with Gasteiger partial charge in [-0.3, -0.25) is 9.59 Å². The van der Waals surface area contributed by atoms with Gasteiger partial charge in [0, 0.05) is 10.4 Å². The Morgan fingerprint density at radius 3 is 2.46 bits per heavy atom. The number of hydrogen-bond donors (Lipinski definition) is 2. The van der Waals surface area contributed by atoms with E-state index < -0.39 is 0 Å². The van der Waals surface area contributed by atoms with Crippen molar-refractivity contribution >= 4 is 33.2 Å². The van der Waals surface area contributed by atoms with Crippen molar-refractivity contribution in [3.8, 4) is 0 Å². The van der Waals surface area contributed by atoms with Gasteiger partial charge in [-0.15, -0.1) is 11.3 Å². The minimum Gasteiger partial charge on any atom is -0.309 e. The maximum atomic E-state index is 12.3. The summed E-state index contributed by atoms with van der Waals surface area (Å²) in [5.41, 5.74) is 8.51. The summed E-state index contributed by atoms with van der Waals surface area (Å²) in [6.07, 6.45) is -0.0379. The molecule has 7 heteroatoms. The molecule has 2 N–H and O–H groups in total. The molecule has 0 aliphatic heterocycles. The fourth-order valence-electron chi connectivity index (χ4n) is 3.53. The molecule has 0 bridgehead atoms. The Morgan fingerprint density at radius 2 is 1.82 bits per heavy atom. The molecule has 0 radical (unpaired) electrons. The minimum atomic E-state index is -0.325. The standard InChI is InChI=1S/C21H24N4O2S/c1-10-7-11(2)18(12(3)8-10)14(5)24-25-17(26)9-16-22-20(27)19-13(4)15(6)28-21(19)23-16/h7-8H,9H2,1-6H3,(H,25,26)(H,22,23,27)/b24-14-.